The summed E-state index contributed by atoms with van der Waals surface area (Å²) >= 11 is 0. The van der Waals surface area contributed by atoms with Crippen LogP contribution in [0.15, 0.2) is 30.3 Å². The third-order valence-electron chi connectivity index (χ3n) is 3.12. The summed E-state index contributed by atoms with van der Waals surface area (Å²) in [6.07, 6.45) is 5.84. The van der Waals surface area contributed by atoms with Gasteiger partial charge in [0, 0.05) is 12.0 Å². The van der Waals surface area contributed by atoms with E-state index in [4.69, 9.17) is 19.6 Å². The van der Waals surface area contributed by atoms with Gasteiger partial charge in [0.1, 0.15) is 0 Å². The van der Waals surface area contributed by atoms with Crippen LogP contribution in [-0.4, -0.2) is 6.29 Å². The predicted octanol–water partition coefficient (Wildman–Crippen LogP) is 4.28. The normalized spacial score (nSPS) is 23.4. The molecule has 1 aromatic carbocycles. The second-order valence-corrected chi connectivity index (χ2v) is 4.76. The molecular formula is C15H22O4. The maximum absolute atomic E-state index is 5.21. The number of rotatable bonds is 7. The highest BCUT2D eigenvalue weighted by molar-refractivity contribution is 5.15. The molecule has 4 heteroatoms. The third-order valence-corrected chi connectivity index (χ3v) is 3.12. The molecule has 0 amide bonds. The average Bonchev–Trinajstić information content (AvgIpc) is 2.49. The molecule has 4 nitrogen and oxygen atoms in total. The van der Waals surface area contributed by atoms with E-state index >= 15 is 0 Å². The van der Waals surface area contributed by atoms with Crippen molar-refractivity contribution in [2.24, 2.45) is 0 Å². The summed E-state index contributed by atoms with van der Waals surface area (Å²) in [5.74, 6) is 0. The van der Waals surface area contributed by atoms with Crippen LogP contribution < -0.4 is 0 Å². The van der Waals surface area contributed by atoms with E-state index in [1.54, 1.807) is 0 Å². The lowest BCUT2D eigenvalue weighted by atomic mass is 10.1. The molecule has 0 unspecified atom stereocenters. The van der Waals surface area contributed by atoms with E-state index in [0.29, 0.717) is 0 Å². The van der Waals surface area contributed by atoms with Crippen LogP contribution in [0.2, 0.25) is 0 Å². The van der Waals surface area contributed by atoms with Crippen LogP contribution in [0.3, 0.4) is 0 Å². The standard InChI is InChI=1S/C15H22O4/c1-2-3-4-5-9-12-14-16-18-15(19-17-14)13-10-7-6-8-11-13/h6-8,10-11,14-15H,2-5,9,12H2,1H3. The Morgan fingerprint density at radius 2 is 1.53 bits per heavy atom. The van der Waals surface area contributed by atoms with Gasteiger partial charge in [0.15, 0.2) is 0 Å². The Morgan fingerprint density at radius 3 is 2.21 bits per heavy atom. The Labute approximate surface area is 114 Å². The highest BCUT2D eigenvalue weighted by Crippen LogP contribution is 2.26. The van der Waals surface area contributed by atoms with Gasteiger partial charge in [0.2, 0.25) is 12.6 Å². The lowest BCUT2D eigenvalue weighted by Crippen LogP contribution is -2.27. The summed E-state index contributed by atoms with van der Waals surface area (Å²) in [5.41, 5.74) is 0.879. The van der Waals surface area contributed by atoms with Gasteiger partial charge in [-0.2, -0.15) is 19.6 Å². The van der Waals surface area contributed by atoms with Gasteiger partial charge in [0.05, 0.1) is 0 Å². The van der Waals surface area contributed by atoms with Gasteiger partial charge >= 0.3 is 0 Å². The van der Waals surface area contributed by atoms with Crippen LogP contribution >= 0.6 is 0 Å². The molecule has 0 saturated carbocycles. The molecule has 19 heavy (non-hydrogen) atoms. The molecule has 0 spiro atoms. The monoisotopic (exact) mass is 266 g/mol. The first kappa shape index (κ1) is 14.5. The van der Waals surface area contributed by atoms with E-state index < -0.39 is 12.6 Å². The summed E-state index contributed by atoms with van der Waals surface area (Å²) < 4.78 is 0. The fourth-order valence-corrected chi connectivity index (χ4v) is 1.99. The first-order valence-corrected chi connectivity index (χ1v) is 7.09. The van der Waals surface area contributed by atoms with E-state index in [1.807, 2.05) is 30.3 Å². The Kier molecular flexibility index (Phi) is 6.30. The summed E-state index contributed by atoms with van der Waals surface area (Å²) in [4.78, 5) is 20.8. The van der Waals surface area contributed by atoms with E-state index in [9.17, 15) is 0 Å². The molecular weight excluding hydrogens is 244 g/mol. The first-order chi connectivity index (χ1) is 9.40. The molecule has 0 aromatic heterocycles. The molecule has 0 aliphatic carbocycles. The largest absolute Gasteiger partial charge is 0.249 e. The fourth-order valence-electron chi connectivity index (χ4n) is 1.99. The van der Waals surface area contributed by atoms with Crippen LogP contribution in [0, 0.1) is 0 Å². The van der Waals surface area contributed by atoms with Crippen molar-refractivity contribution >= 4 is 0 Å². The SMILES string of the molecule is CCCCCCCC1OOC(c2ccccc2)OO1. The van der Waals surface area contributed by atoms with Crippen LogP contribution in [0.4, 0.5) is 0 Å². The highest BCUT2D eigenvalue weighted by atomic mass is 17.4. The Bertz CT molecular complexity index is 333. The molecule has 0 bridgehead atoms. The van der Waals surface area contributed by atoms with Crippen molar-refractivity contribution in [2.45, 2.75) is 58.0 Å². The smallest absolute Gasteiger partial charge is 0.198 e. The number of unbranched alkanes of at least 4 members (excludes halogenated alkanes) is 4. The summed E-state index contributed by atoms with van der Waals surface area (Å²) in [7, 11) is 0. The Hall–Kier alpha value is -0.940. The quantitative estimate of drug-likeness (QED) is 0.545. The molecule has 1 fully saturated rings. The molecule has 0 N–H and O–H groups in total. The molecule has 0 atom stereocenters. The number of hydrogen-bond donors (Lipinski definition) is 0. The van der Waals surface area contributed by atoms with Crippen molar-refractivity contribution in [1.82, 2.24) is 0 Å². The molecule has 1 heterocycles. The number of benzene rings is 1. The van der Waals surface area contributed by atoms with E-state index in [2.05, 4.69) is 6.92 Å². The minimum Gasteiger partial charge on any atom is -0.198 e. The van der Waals surface area contributed by atoms with Gasteiger partial charge in [-0.05, 0) is 6.42 Å². The van der Waals surface area contributed by atoms with E-state index in [0.717, 1.165) is 18.4 Å². The second-order valence-electron chi connectivity index (χ2n) is 4.76. The fraction of sp³-hybridized carbons (Fsp3) is 0.600. The van der Waals surface area contributed by atoms with Crippen LogP contribution in [0.25, 0.3) is 0 Å². The molecule has 0 radical (unpaired) electrons. The average molecular weight is 266 g/mol. The maximum Gasteiger partial charge on any atom is 0.249 e. The van der Waals surface area contributed by atoms with Crippen molar-refractivity contribution in [3.63, 3.8) is 0 Å². The van der Waals surface area contributed by atoms with Gasteiger partial charge < -0.3 is 0 Å². The zero-order valence-electron chi connectivity index (χ0n) is 11.4. The highest BCUT2D eigenvalue weighted by Gasteiger charge is 2.26. The van der Waals surface area contributed by atoms with E-state index in [-0.39, 0.29) is 0 Å². The van der Waals surface area contributed by atoms with Gasteiger partial charge in [-0.1, -0.05) is 62.9 Å². The van der Waals surface area contributed by atoms with Crippen molar-refractivity contribution in [2.75, 3.05) is 0 Å². The van der Waals surface area contributed by atoms with Crippen molar-refractivity contribution in [3.8, 4) is 0 Å². The van der Waals surface area contributed by atoms with Crippen molar-refractivity contribution in [3.05, 3.63) is 35.9 Å². The lowest BCUT2D eigenvalue weighted by Gasteiger charge is -2.26. The first-order valence-electron chi connectivity index (χ1n) is 7.09. The molecule has 2 rings (SSSR count). The van der Waals surface area contributed by atoms with E-state index in [1.165, 1.54) is 25.7 Å². The Morgan fingerprint density at radius 1 is 0.842 bits per heavy atom. The summed E-state index contributed by atoms with van der Waals surface area (Å²) in [5, 5.41) is 0. The van der Waals surface area contributed by atoms with Crippen LogP contribution in [-0.2, 0) is 19.6 Å². The minimum atomic E-state index is -0.599. The van der Waals surface area contributed by atoms with Crippen LogP contribution in [0.1, 0.15) is 57.3 Å². The van der Waals surface area contributed by atoms with Gasteiger partial charge in [-0.25, -0.2) is 0 Å². The Balaban J connectivity index is 1.63. The zero-order chi connectivity index (χ0) is 13.3. The van der Waals surface area contributed by atoms with Gasteiger partial charge in [0.25, 0.3) is 0 Å². The zero-order valence-corrected chi connectivity index (χ0v) is 11.4. The molecule has 1 aromatic rings. The molecule has 106 valence electrons. The predicted molar refractivity (Wildman–Crippen MR) is 70.7 cm³/mol. The summed E-state index contributed by atoms with van der Waals surface area (Å²) in [6, 6.07) is 9.59. The topological polar surface area (TPSA) is 36.9 Å². The number of hydrogen-bond acceptors (Lipinski definition) is 4. The van der Waals surface area contributed by atoms with Crippen molar-refractivity contribution < 1.29 is 19.6 Å². The van der Waals surface area contributed by atoms with Crippen molar-refractivity contribution in [1.29, 1.82) is 0 Å². The maximum atomic E-state index is 5.21. The summed E-state index contributed by atoms with van der Waals surface area (Å²) in [6.45, 7) is 2.21. The van der Waals surface area contributed by atoms with Crippen LogP contribution in [0.5, 0.6) is 0 Å². The lowest BCUT2D eigenvalue weighted by molar-refractivity contribution is -0.595. The third kappa shape index (κ3) is 4.91. The molecule has 1 saturated heterocycles. The molecule has 1 aliphatic heterocycles. The minimum absolute atomic E-state index is 0.415. The van der Waals surface area contributed by atoms with Gasteiger partial charge in [-0.3, -0.25) is 0 Å². The molecule has 1 aliphatic rings. The second kappa shape index (κ2) is 8.27. The van der Waals surface area contributed by atoms with Gasteiger partial charge in [-0.15, -0.1) is 0 Å².